The maximum absolute atomic E-state index is 12.6. The van der Waals surface area contributed by atoms with E-state index in [9.17, 15) is 9.59 Å². The van der Waals surface area contributed by atoms with Crippen molar-refractivity contribution in [3.05, 3.63) is 47.8 Å². The van der Waals surface area contributed by atoms with E-state index in [-0.39, 0.29) is 17.9 Å². The number of likely N-dealkylation sites (tertiary alicyclic amines) is 1. The lowest BCUT2D eigenvalue weighted by molar-refractivity contribution is -0.117. The highest BCUT2D eigenvalue weighted by atomic mass is 16.6. The minimum atomic E-state index is -0.512. The van der Waals surface area contributed by atoms with Crippen LogP contribution in [-0.2, 0) is 9.53 Å². The number of nitrogens with zero attached hydrogens (tertiary/aromatic N) is 2. The molecule has 0 aliphatic carbocycles. The molecule has 1 aliphatic heterocycles. The molecule has 0 bridgehead atoms. The van der Waals surface area contributed by atoms with Gasteiger partial charge in [0, 0.05) is 31.5 Å². The molecule has 7 heteroatoms. The van der Waals surface area contributed by atoms with Crippen molar-refractivity contribution in [3.8, 4) is 11.5 Å². The summed E-state index contributed by atoms with van der Waals surface area (Å²) >= 11 is 0. The third kappa shape index (κ3) is 5.40. The van der Waals surface area contributed by atoms with Crippen LogP contribution in [0.15, 0.2) is 36.7 Å². The minimum Gasteiger partial charge on any atom is -0.497 e. The highest BCUT2D eigenvalue weighted by Crippen LogP contribution is 2.33. The van der Waals surface area contributed by atoms with Crippen LogP contribution < -0.4 is 9.47 Å². The van der Waals surface area contributed by atoms with Crippen LogP contribution in [0.3, 0.4) is 0 Å². The zero-order valence-corrected chi connectivity index (χ0v) is 19.2. The van der Waals surface area contributed by atoms with Crippen LogP contribution in [0.1, 0.15) is 57.2 Å². The summed E-state index contributed by atoms with van der Waals surface area (Å²) in [6.07, 6.45) is 4.53. The second-order valence-electron chi connectivity index (χ2n) is 8.95. The molecule has 1 aliphatic rings. The van der Waals surface area contributed by atoms with Crippen LogP contribution in [0, 0.1) is 0 Å². The van der Waals surface area contributed by atoms with E-state index < -0.39 is 11.5 Å². The third-order valence-electron chi connectivity index (χ3n) is 5.42. The Morgan fingerprint density at radius 2 is 1.71 bits per heavy atom. The van der Waals surface area contributed by atoms with Crippen molar-refractivity contribution in [3.63, 3.8) is 0 Å². The SMILES string of the molecule is COc1cc(OC)cc([C@H](C(C)=O)c2ccn([C@H]3CCN(C(=O)OC(C)(C)C)C3)c2)c1. The van der Waals surface area contributed by atoms with E-state index in [1.807, 2.05) is 51.4 Å². The number of benzene rings is 1. The Kier molecular flexibility index (Phi) is 6.62. The first kappa shape index (κ1) is 22.7. The van der Waals surface area contributed by atoms with Gasteiger partial charge in [0.15, 0.2) is 0 Å². The maximum atomic E-state index is 12.6. The van der Waals surface area contributed by atoms with E-state index in [1.165, 1.54) is 0 Å². The van der Waals surface area contributed by atoms with Gasteiger partial charge in [0.25, 0.3) is 0 Å². The molecular weight excluding hydrogens is 396 g/mol. The van der Waals surface area contributed by atoms with Gasteiger partial charge in [-0.3, -0.25) is 4.79 Å². The summed E-state index contributed by atoms with van der Waals surface area (Å²) in [5.74, 6) is 0.899. The highest BCUT2D eigenvalue weighted by Gasteiger charge is 2.31. The van der Waals surface area contributed by atoms with Gasteiger partial charge in [0.05, 0.1) is 26.2 Å². The van der Waals surface area contributed by atoms with Gasteiger partial charge in [0.1, 0.15) is 22.9 Å². The van der Waals surface area contributed by atoms with Crippen LogP contribution in [0.2, 0.25) is 0 Å². The number of Topliss-reactive ketones (excluding diaryl/α,β-unsaturated/α-hetero) is 1. The molecule has 0 N–H and O–H groups in total. The largest absolute Gasteiger partial charge is 0.497 e. The second-order valence-corrected chi connectivity index (χ2v) is 8.95. The van der Waals surface area contributed by atoms with Crippen LogP contribution >= 0.6 is 0 Å². The smallest absolute Gasteiger partial charge is 0.410 e. The van der Waals surface area contributed by atoms with Gasteiger partial charge in [-0.15, -0.1) is 0 Å². The molecule has 1 aromatic carbocycles. The molecule has 168 valence electrons. The van der Waals surface area contributed by atoms with Crippen molar-refractivity contribution < 1.29 is 23.8 Å². The third-order valence-corrected chi connectivity index (χ3v) is 5.42. The van der Waals surface area contributed by atoms with Crippen molar-refractivity contribution in [1.82, 2.24) is 9.47 Å². The van der Waals surface area contributed by atoms with Gasteiger partial charge in [-0.2, -0.15) is 0 Å². The van der Waals surface area contributed by atoms with Gasteiger partial charge in [-0.05, 0) is 63.4 Å². The fraction of sp³-hybridized carbons (Fsp3) is 0.500. The molecule has 3 rings (SSSR count). The van der Waals surface area contributed by atoms with E-state index in [1.54, 1.807) is 32.1 Å². The summed E-state index contributed by atoms with van der Waals surface area (Å²) < 4.78 is 18.3. The number of carbonyl (C=O) groups excluding carboxylic acids is 2. The van der Waals surface area contributed by atoms with Gasteiger partial charge in [-0.25, -0.2) is 4.79 Å². The summed E-state index contributed by atoms with van der Waals surface area (Å²) in [6, 6.07) is 7.63. The summed E-state index contributed by atoms with van der Waals surface area (Å²) in [5, 5.41) is 0. The van der Waals surface area contributed by atoms with Crippen molar-refractivity contribution in [2.24, 2.45) is 0 Å². The van der Waals surface area contributed by atoms with Crippen molar-refractivity contribution >= 4 is 11.9 Å². The molecule has 2 heterocycles. The van der Waals surface area contributed by atoms with Gasteiger partial charge >= 0.3 is 6.09 Å². The molecule has 0 unspecified atom stereocenters. The molecule has 0 radical (unpaired) electrons. The first-order valence-electron chi connectivity index (χ1n) is 10.5. The van der Waals surface area contributed by atoms with E-state index in [4.69, 9.17) is 14.2 Å². The quantitative estimate of drug-likeness (QED) is 0.682. The number of hydrogen-bond acceptors (Lipinski definition) is 5. The second kappa shape index (κ2) is 9.04. The van der Waals surface area contributed by atoms with E-state index in [0.29, 0.717) is 24.6 Å². The van der Waals surface area contributed by atoms with Gasteiger partial charge < -0.3 is 23.7 Å². The Hall–Kier alpha value is -2.96. The first-order valence-corrected chi connectivity index (χ1v) is 10.5. The average Bonchev–Trinajstić information content (AvgIpc) is 3.36. The average molecular weight is 429 g/mol. The predicted octanol–water partition coefficient (Wildman–Crippen LogP) is 4.41. The number of ether oxygens (including phenoxy) is 3. The summed E-state index contributed by atoms with van der Waals surface area (Å²) in [7, 11) is 3.18. The monoisotopic (exact) mass is 428 g/mol. The van der Waals surface area contributed by atoms with E-state index in [2.05, 4.69) is 4.57 Å². The molecule has 0 saturated carbocycles. The lowest BCUT2D eigenvalue weighted by Crippen LogP contribution is -2.35. The number of hydrogen-bond donors (Lipinski definition) is 0. The lowest BCUT2D eigenvalue weighted by Gasteiger charge is -2.24. The maximum Gasteiger partial charge on any atom is 0.410 e. The number of methoxy groups -OCH3 is 2. The van der Waals surface area contributed by atoms with Crippen LogP contribution in [-0.4, -0.2) is 54.3 Å². The Bertz CT molecular complexity index is 921. The Morgan fingerprint density at radius 3 is 2.26 bits per heavy atom. The Morgan fingerprint density at radius 1 is 1.06 bits per heavy atom. The van der Waals surface area contributed by atoms with Crippen molar-refractivity contribution in [2.75, 3.05) is 27.3 Å². The Balaban J connectivity index is 1.80. The Labute approximate surface area is 183 Å². The number of carbonyl (C=O) groups is 2. The van der Waals surface area contributed by atoms with Crippen LogP contribution in [0.5, 0.6) is 11.5 Å². The molecule has 7 nitrogen and oxygen atoms in total. The van der Waals surface area contributed by atoms with E-state index >= 15 is 0 Å². The lowest BCUT2D eigenvalue weighted by atomic mass is 9.89. The molecule has 2 atom stereocenters. The minimum absolute atomic E-state index is 0.0369. The molecule has 1 aromatic heterocycles. The fourth-order valence-electron chi connectivity index (χ4n) is 3.96. The summed E-state index contributed by atoms with van der Waals surface area (Å²) in [4.78, 5) is 26.7. The van der Waals surface area contributed by atoms with Crippen molar-refractivity contribution in [2.45, 2.75) is 51.7 Å². The standard InChI is InChI=1S/C24H32N2O5/c1-16(27)22(18-11-20(29-5)13-21(12-18)30-6)17-7-9-25(14-17)19-8-10-26(15-19)23(28)31-24(2,3)4/h7,9,11-14,19,22H,8,10,15H2,1-6H3/t19-,22+/m0/s1. The van der Waals surface area contributed by atoms with Crippen molar-refractivity contribution in [1.29, 1.82) is 0 Å². The van der Waals surface area contributed by atoms with Gasteiger partial charge in [-0.1, -0.05) is 0 Å². The number of amides is 1. The van der Waals surface area contributed by atoms with Gasteiger partial charge in [0.2, 0.25) is 0 Å². The van der Waals surface area contributed by atoms with E-state index in [0.717, 1.165) is 17.5 Å². The van der Waals surface area contributed by atoms with Crippen LogP contribution in [0.4, 0.5) is 4.79 Å². The molecule has 0 spiro atoms. The number of aromatic nitrogens is 1. The molecule has 1 saturated heterocycles. The number of rotatable bonds is 6. The zero-order valence-electron chi connectivity index (χ0n) is 19.2. The topological polar surface area (TPSA) is 70.0 Å². The molecular formula is C24H32N2O5. The number of ketones is 1. The first-order chi connectivity index (χ1) is 14.6. The molecule has 1 amide bonds. The summed E-state index contributed by atoms with van der Waals surface area (Å²) in [6.45, 7) is 8.43. The highest BCUT2D eigenvalue weighted by molar-refractivity contribution is 5.87. The normalized spacial score (nSPS) is 17.4. The molecule has 31 heavy (non-hydrogen) atoms. The molecule has 1 fully saturated rings. The fourth-order valence-corrected chi connectivity index (χ4v) is 3.96. The van der Waals surface area contributed by atoms with Crippen LogP contribution in [0.25, 0.3) is 0 Å². The molecule has 2 aromatic rings. The summed E-state index contributed by atoms with van der Waals surface area (Å²) in [5.41, 5.74) is 1.21. The zero-order chi connectivity index (χ0) is 22.8. The predicted molar refractivity (Wildman–Crippen MR) is 118 cm³/mol.